The van der Waals surface area contributed by atoms with E-state index >= 15 is 0 Å². The average molecular weight is 278 g/mol. The molecule has 0 aliphatic heterocycles. The quantitative estimate of drug-likeness (QED) is 0.568. The zero-order valence-corrected chi connectivity index (χ0v) is 9.98. The van der Waals surface area contributed by atoms with Gasteiger partial charge in [-0.15, -0.1) is 11.6 Å². The van der Waals surface area contributed by atoms with Crippen molar-refractivity contribution in [2.24, 2.45) is 0 Å². The van der Waals surface area contributed by atoms with Crippen LogP contribution in [-0.4, -0.2) is 5.88 Å². The highest BCUT2D eigenvalue weighted by molar-refractivity contribution is 9.10. The van der Waals surface area contributed by atoms with Crippen molar-refractivity contribution in [3.63, 3.8) is 0 Å². The van der Waals surface area contributed by atoms with E-state index in [0.717, 1.165) is 22.9 Å². The largest absolute Gasteiger partial charge is 0.207 e. The number of hydrogen-bond acceptors (Lipinski definition) is 0. The Morgan fingerprint density at radius 2 is 2.14 bits per heavy atom. The van der Waals surface area contributed by atoms with Gasteiger partial charge in [-0.25, -0.2) is 4.39 Å². The van der Waals surface area contributed by atoms with Crippen molar-refractivity contribution >= 4 is 27.5 Å². The van der Waals surface area contributed by atoms with Crippen LogP contribution >= 0.6 is 27.5 Å². The maximum absolute atomic E-state index is 12.7. The molecule has 0 aliphatic rings. The molecule has 0 saturated heterocycles. The molecule has 0 aromatic heterocycles. The van der Waals surface area contributed by atoms with Gasteiger partial charge in [0.2, 0.25) is 0 Å². The van der Waals surface area contributed by atoms with Crippen molar-refractivity contribution in [1.29, 1.82) is 0 Å². The number of hydrogen-bond donors (Lipinski definition) is 0. The molecule has 0 bridgehead atoms. The van der Waals surface area contributed by atoms with Crippen molar-refractivity contribution in [2.45, 2.75) is 12.8 Å². The van der Waals surface area contributed by atoms with Gasteiger partial charge in [0.25, 0.3) is 0 Å². The third-order valence-corrected chi connectivity index (χ3v) is 2.75. The predicted octanol–water partition coefficient (Wildman–Crippen LogP) is 4.32. The average Bonchev–Trinajstić information content (AvgIpc) is 2.15. The van der Waals surface area contributed by atoms with Gasteiger partial charge < -0.3 is 0 Å². The molecule has 0 unspecified atom stereocenters. The van der Waals surface area contributed by atoms with Gasteiger partial charge in [0.05, 0.1) is 0 Å². The Morgan fingerprint density at radius 1 is 1.36 bits per heavy atom. The molecule has 0 aliphatic carbocycles. The molecule has 3 heteroatoms. The van der Waals surface area contributed by atoms with Gasteiger partial charge in [0, 0.05) is 10.4 Å². The summed E-state index contributed by atoms with van der Waals surface area (Å²) in [6.07, 6.45) is 5.75. The normalized spacial score (nSPS) is 11.1. The van der Waals surface area contributed by atoms with Crippen LogP contribution in [0.25, 0.3) is 0 Å². The lowest BCUT2D eigenvalue weighted by Gasteiger charge is -2.00. The molecule has 0 heterocycles. The molecule has 0 amide bonds. The summed E-state index contributed by atoms with van der Waals surface area (Å²) in [6, 6.07) is 4.73. The first-order chi connectivity index (χ1) is 6.74. The van der Waals surface area contributed by atoms with E-state index in [1.807, 2.05) is 12.2 Å². The van der Waals surface area contributed by atoms with Gasteiger partial charge in [-0.1, -0.05) is 34.1 Å². The van der Waals surface area contributed by atoms with Crippen LogP contribution in [-0.2, 0) is 6.42 Å². The van der Waals surface area contributed by atoms with Crippen molar-refractivity contribution in [1.82, 2.24) is 0 Å². The molecule has 0 fully saturated rings. The first-order valence-corrected chi connectivity index (χ1v) is 5.71. The first kappa shape index (κ1) is 11.7. The number of alkyl halides is 1. The molecule has 0 spiro atoms. The van der Waals surface area contributed by atoms with E-state index in [1.54, 1.807) is 6.07 Å². The van der Waals surface area contributed by atoms with Crippen LogP contribution in [0.15, 0.2) is 34.8 Å². The van der Waals surface area contributed by atoms with E-state index in [0.29, 0.717) is 5.88 Å². The van der Waals surface area contributed by atoms with E-state index in [2.05, 4.69) is 15.9 Å². The summed E-state index contributed by atoms with van der Waals surface area (Å²) in [5.74, 6) is 0.423. The van der Waals surface area contributed by atoms with Crippen LogP contribution in [0.3, 0.4) is 0 Å². The van der Waals surface area contributed by atoms with Crippen LogP contribution in [0, 0.1) is 5.82 Å². The molecule has 1 rings (SSSR count). The minimum absolute atomic E-state index is 0.217. The Hall–Kier alpha value is -0.340. The summed E-state index contributed by atoms with van der Waals surface area (Å²) >= 11 is 8.84. The lowest BCUT2D eigenvalue weighted by Crippen LogP contribution is -1.85. The number of benzene rings is 1. The van der Waals surface area contributed by atoms with Gasteiger partial charge in [0.15, 0.2) is 0 Å². The summed E-state index contributed by atoms with van der Waals surface area (Å²) < 4.78 is 13.5. The van der Waals surface area contributed by atoms with Gasteiger partial charge in [-0.2, -0.15) is 0 Å². The highest BCUT2D eigenvalue weighted by Gasteiger charge is 1.98. The number of allylic oxidation sites excluding steroid dienone is 2. The molecule has 76 valence electrons. The second-order valence-corrected chi connectivity index (χ2v) is 4.12. The summed E-state index contributed by atoms with van der Waals surface area (Å²) in [5.41, 5.74) is 1.08. The molecule has 0 radical (unpaired) electrons. The van der Waals surface area contributed by atoms with Crippen molar-refractivity contribution in [3.05, 3.63) is 46.2 Å². The second-order valence-electron chi connectivity index (χ2n) is 2.89. The fourth-order valence-electron chi connectivity index (χ4n) is 1.08. The van der Waals surface area contributed by atoms with E-state index in [1.165, 1.54) is 12.1 Å². The van der Waals surface area contributed by atoms with Crippen molar-refractivity contribution in [3.8, 4) is 0 Å². The fourth-order valence-corrected chi connectivity index (χ4v) is 1.72. The SMILES string of the molecule is Fc1ccc(CC=CCCCl)c(Br)c1. The Morgan fingerprint density at radius 3 is 2.79 bits per heavy atom. The smallest absolute Gasteiger partial charge is 0.124 e. The molecule has 1 aromatic rings. The summed E-state index contributed by atoms with van der Waals surface area (Å²) in [7, 11) is 0. The maximum Gasteiger partial charge on any atom is 0.124 e. The molecule has 0 saturated carbocycles. The molecule has 14 heavy (non-hydrogen) atoms. The minimum atomic E-state index is -0.217. The summed E-state index contributed by atoms with van der Waals surface area (Å²) in [5, 5.41) is 0. The van der Waals surface area contributed by atoms with Crippen LogP contribution in [0.4, 0.5) is 4.39 Å². The molecule has 0 atom stereocenters. The van der Waals surface area contributed by atoms with E-state index in [9.17, 15) is 4.39 Å². The molecular formula is C11H11BrClF. The fraction of sp³-hybridized carbons (Fsp3) is 0.273. The van der Waals surface area contributed by atoms with E-state index in [-0.39, 0.29) is 5.82 Å². The standard InChI is InChI=1S/C11H11BrClF/c12-11-8-10(14)6-5-9(11)4-2-1-3-7-13/h1-2,5-6,8H,3-4,7H2. The van der Waals surface area contributed by atoms with Crippen LogP contribution in [0.5, 0.6) is 0 Å². The molecule has 0 N–H and O–H groups in total. The predicted molar refractivity (Wildman–Crippen MR) is 62.3 cm³/mol. The maximum atomic E-state index is 12.7. The van der Waals surface area contributed by atoms with Gasteiger partial charge in [0.1, 0.15) is 5.82 Å². The van der Waals surface area contributed by atoms with Crippen molar-refractivity contribution in [2.75, 3.05) is 5.88 Å². The highest BCUT2D eigenvalue weighted by atomic mass is 79.9. The van der Waals surface area contributed by atoms with E-state index < -0.39 is 0 Å². The Labute approximate surface area is 96.9 Å². The zero-order valence-electron chi connectivity index (χ0n) is 7.64. The minimum Gasteiger partial charge on any atom is -0.207 e. The van der Waals surface area contributed by atoms with Crippen LogP contribution in [0.2, 0.25) is 0 Å². The van der Waals surface area contributed by atoms with Crippen molar-refractivity contribution < 1.29 is 4.39 Å². The Bertz CT molecular complexity index is 323. The van der Waals surface area contributed by atoms with Gasteiger partial charge in [-0.3, -0.25) is 0 Å². The third-order valence-electron chi connectivity index (χ3n) is 1.80. The summed E-state index contributed by atoms with van der Waals surface area (Å²) in [4.78, 5) is 0. The Balaban J connectivity index is 2.59. The molecule has 1 aromatic carbocycles. The lowest BCUT2D eigenvalue weighted by atomic mass is 10.1. The topological polar surface area (TPSA) is 0 Å². The van der Waals surface area contributed by atoms with Crippen LogP contribution < -0.4 is 0 Å². The number of rotatable bonds is 4. The van der Waals surface area contributed by atoms with Gasteiger partial charge >= 0.3 is 0 Å². The first-order valence-electron chi connectivity index (χ1n) is 4.39. The molecule has 0 nitrogen and oxygen atoms in total. The second kappa shape index (κ2) is 6.20. The monoisotopic (exact) mass is 276 g/mol. The molecular weight excluding hydrogens is 266 g/mol. The highest BCUT2D eigenvalue weighted by Crippen LogP contribution is 2.18. The van der Waals surface area contributed by atoms with Crippen LogP contribution in [0.1, 0.15) is 12.0 Å². The lowest BCUT2D eigenvalue weighted by molar-refractivity contribution is 0.626. The Kier molecular flexibility index (Phi) is 5.20. The van der Waals surface area contributed by atoms with Gasteiger partial charge in [-0.05, 0) is 30.5 Å². The number of halogens is 3. The summed E-state index contributed by atoms with van der Waals surface area (Å²) in [6.45, 7) is 0. The zero-order chi connectivity index (χ0) is 10.4. The third kappa shape index (κ3) is 3.81. The van der Waals surface area contributed by atoms with E-state index in [4.69, 9.17) is 11.6 Å².